The number of nitrogens with one attached hydrogen (secondary N) is 1. The Hall–Kier alpha value is -1.49. The van der Waals surface area contributed by atoms with Gasteiger partial charge in [-0.15, -0.1) is 0 Å². The van der Waals surface area contributed by atoms with Crippen LogP contribution < -0.4 is 5.32 Å². The van der Waals surface area contributed by atoms with Gasteiger partial charge in [0.2, 0.25) is 5.91 Å². The summed E-state index contributed by atoms with van der Waals surface area (Å²) in [6.45, 7) is 10.1. The van der Waals surface area contributed by atoms with Crippen LogP contribution in [0.3, 0.4) is 0 Å². The zero-order valence-electron chi connectivity index (χ0n) is 16.6. The van der Waals surface area contributed by atoms with Crippen molar-refractivity contribution < 1.29 is 23.6 Å². The number of hydrogen-bond donors (Lipinski definition) is 2. The molecule has 0 aromatic heterocycles. The third-order valence-electron chi connectivity index (χ3n) is 3.52. The molecule has 0 fully saturated rings. The van der Waals surface area contributed by atoms with Crippen LogP contribution >= 0.6 is 7.60 Å². The summed E-state index contributed by atoms with van der Waals surface area (Å²) in [5.41, 5.74) is 1.04. The summed E-state index contributed by atoms with van der Waals surface area (Å²) in [5.74, 6) is 0.231. The minimum Gasteiger partial charge on any atom is -0.350 e. The molecule has 0 saturated carbocycles. The second kappa shape index (κ2) is 12.0. The van der Waals surface area contributed by atoms with Gasteiger partial charge in [0.25, 0.3) is 0 Å². The summed E-state index contributed by atoms with van der Waals surface area (Å²) in [6.07, 6.45) is 0.555. The molecule has 0 aliphatic heterocycles. The number of carbonyl (C=O) groups excluding carboxylic acids is 2. The zero-order valence-corrected chi connectivity index (χ0v) is 17.5. The Morgan fingerprint density at radius 2 is 1.62 bits per heavy atom. The molecule has 7 heteroatoms. The van der Waals surface area contributed by atoms with Crippen LogP contribution in [0.5, 0.6) is 0 Å². The van der Waals surface area contributed by atoms with Crippen LogP contribution in [-0.4, -0.2) is 35.9 Å². The molecule has 0 aliphatic rings. The van der Waals surface area contributed by atoms with Crippen LogP contribution in [0.25, 0.3) is 0 Å². The van der Waals surface area contributed by atoms with E-state index >= 15 is 0 Å². The van der Waals surface area contributed by atoms with Crippen molar-refractivity contribution in [3.05, 3.63) is 35.9 Å². The van der Waals surface area contributed by atoms with Crippen LogP contribution in [-0.2, 0) is 25.1 Å². The molecule has 26 heavy (non-hydrogen) atoms. The van der Waals surface area contributed by atoms with Crippen molar-refractivity contribution in [3.63, 3.8) is 0 Å². The predicted molar refractivity (Wildman–Crippen MR) is 104 cm³/mol. The van der Waals surface area contributed by atoms with Gasteiger partial charge in [-0.3, -0.25) is 14.2 Å². The van der Waals surface area contributed by atoms with Crippen molar-refractivity contribution in [1.82, 2.24) is 5.32 Å². The largest absolute Gasteiger partial charge is 0.350 e. The van der Waals surface area contributed by atoms with Crippen molar-refractivity contribution in [2.45, 2.75) is 47.1 Å². The highest BCUT2D eigenvalue weighted by molar-refractivity contribution is 7.51. The highest BCUT2D eigenvalue weighted by Gasteiger charge is 2.19. The van der Waals surface area contributed by atoms with E-state index in [1.54, 1.807) is 20.8 Å². The number of amides is 1. The number of Topliss-reactive ketones (excluding diaryl/α,β-unsaturated/α-hetero) is 1. The van der Waals surface area contributed by atoms with E-state index in [-0.39, 0.29) is 36.2 Å². The second-order valence-corrected chi connectivity index (χ2v) is 8.78. The molecule has 0 aliphatic carbocycles. The fourth-order valence-corrected chi connectivity index (χ4v) is 2.10. The summed E-state index contributed by atoms with van der Waals surface area (Å²) in [6, 6.07) is 9.30. The van der Waals surface area contributed by atoms with E-state index in [0.717, 1.165) is 12.2 Å². The van der Waals surface area contributed by atoms with Gasteiger partial charge >= 0.3 is 7.60 Å². The molecular formula is C19H32NO5P. The van der Waals surface area contributed by atoms with Crippen molar-refractivity contribution in [1.29, 1.82) is 0 Å². The molecule has 0 radical (unpaired) electrons. The van der Waals surface area contributed by atoms with E-state index in [4.69, 9.17) is 4.52 Å². The molecular weight excluding hydrogens is 353 g/mol. The van der Waals surface area contributed by atoms with Crippen molar-refractivity contribution in [2.75, 3.05) is 13.3 Å². The van der Waals surface area contributed by atoms with Crippen molar-refractivity contribution in [2.24, 2.45) is 11.8 Å². The second-order valence-electron chi connectivity index (χ2n) is 6.91. The predicted octanol–water partition coefficient (Wildman–Crippen LogP) is 3.43. The summed E-state index contributed by atoms with van der Waals surface area (Å²) >= 11 is 0. The van der Waals surface area contributed by atoms with E-state index in [9.17, 15) is 19.0 Å². The molecule has 1 amide bonds. The first-order chi connectivity index (χ1) is 11.9. The summed E-state index contributed by atoms with van der Waals surface area (Å²) in [4.78, 5) is 31.1. The molecule has 2 N–H and O–H groups in total. The Morgan fingerprint density at radius 1 is 1.12 bits per heavy atom. The topological polar surface area (TPSA) is 92.7 Å². The van der Waals surface area contributed by atoms with Gasteiger partial charge in [0.05, 0.1) is 12.6 Å². The van der Waals surface area contributed by atoms with Crippen LogP contribution in [0.2, 0.25) is 0 Å². The average molecular weight is 385 g/mol. The number of ketones is 1. The van der Waals surface area contributed by atoms with Gasteiger partial charge in [0.1, 0.15) is 5.78 Å². The molecule has 0 heterocycles. The highest BCUT2D eigenvalue weighted by atomic mass is 31.2. The Kier molecular flexibility index (Phi) is 11.3. The van der Waals surface area contributed by atoms with Gasteiger partial charge in [-0.1, -0.05) is 58.0 Å². The number of carbonyl (C=O) groups is 2. The lowest BCUT2D eigenvalue weighted by Gasteiger charge is -2.21. The SMILES string of the molecule is CC(=O)C(C)C.CC(C)C(=O)N[C@H](COP(C)(=O)O)Cc1ccccc1. The Labute approximate surface area is 156 Å². The number of hydrogen-bond acceptors (Lipinski definition) is 4. The first-order valence-electron chi connectivity index (χ1n) is 8.72. The molecule has 148 valence electrons. The average Bonchev–Trinajstić information content (AvgIpc) is 2.53. The third-order valence-corrected chi connectivity index (χ3v) is 4.15. The van der Waals surface area contributed by atoms with Crippen LogP contribution in [0.4, 0.5) is 0 Å². The molecule has 1 aromatic carbocycles. The van der Waals surface area contributed by atoms with Crippen molar-refractivity contribution >= 4 is 19.3 Å². The Balaban J connectivity index is 0.000000896. The van der Waals surface area contributed by atoms with E-state index in [0.29, 0.717) is 6.42 Å². The first-order valence-corrected chi connectivity index (χ1v) is 10.7. The molecule has 6 nitrogen and oxygen atoms in total. The lowest BCUT2D eigenvalue weighted by molar-refractivity contribution is -0.125. The van der Waals surface area contributed by atoms with Gasteiger partial charge in [-0.05, 0) is 18.9 Å². The summed E-state index contributed by atoms with van der Waals surface area (Å²) < 4.78 is 16.2. The van der Waals surface area contributed by atoms with Crippen LogP contribution in [0.15, 0.2) is 30.3 Å². The van der Waals surface area contributed by atoms with Gasteiger partial charge in [-0.2, -0.15) is 0 Å². The van der Waals surface area contributed by atoms with Gasteiger partial charge in [-0.25, -0.2) is 0 Å². The fraction of sp³-hybridized carbons (Fsp3) is 0.579. The van der Waals surface area contributed by atoms with Gasteiger partial charge in [0, 0.05) is 18.5 Å². The standard InChI is InChI=1S/C14H22NO4P.C5H10O/c1-11(2)14(16)15-13(10-19-20(3,17)18)9-12-7-5-4-6-8-12;1-4(2)5(3)6/h4-8,11,13H,9-10H2,1-3H3,(H,15,16)(H,17,18);4H,1-3H3/t13-;/m0./s1. The van der Waals surface area contributed by atoms with E-state index < -0.39 is 7.60 Å². The maximum Gasteiger partial charge on any atom is 0.325 e. The molecule has 0 spiro atoms. The fourth-order valence-electron chi connectivity index (χ4n) is 1.65. The molecule has 0 bridgehead atoms. The molecule has 1 unspecified atom stereocenters. The van der Waals surface area contributed by atoms with E-state index in [1.165, 1.54) is 0 Å². The van der Waals surface area contributed by atoms with Gasteiger partial charge < -0.3 is 14.7 Å². The molecule has 1 aromatic rings. The highest BCUT2D eigenvalue weighted by Crippen LogP contribution is 2.36. The molecule has 1 rings (SSSR count). The summed E-state index contributed by atoms with van der Waals surface area (Å²) in [5, 5.41) is 2.84. The van der Waals surface area contributed by atoms with Gasteiger partial charge in [0.15, 0.2) is 0 Å². The van der Waals surface area contributed by atoms with Crippen molar-refractivity contribution in [3.8, 4) is 0 Å². The maximum atomic E-state index is 11.8. The molecule has 2 atom stereocenters. The minimum absolute atomic E-state index is 0.0115. The third kappa shape index (κ3) is 12.8. The normalized spacial score (nSPS) is 14.2. The smallest absolute Gasteiger partial charge is 0.325 e. The quantitative estimate of drug-likeness (QED) is 0.669. The number of benzene rings is 1. The van der Waals surface area contributed by atoms with Crippen LogP contribution in [0, 0.1) is 11.8 Å². The lowest BCUT2D eigenvalue weighted by atomic mass is 10.1. The minimum atomic E-state index is -3.54. The lowest BCUT2D eigenvalue weighted by Crippen LogP contribution is -2.41. The zero-order chi connectivity index (χ0) is 20.3. The Bertz CT molecular complexity index is 595. The number of rotatable bonds is 8. The van der Waals surface area contributed by atoms with E-state index in [2.05, 4.69) is 5.32 Å². The summed E-state index contributed by atoms with van der Waals surface area (Å²) in [7, 11) is -3.54. The molecule has 0 saturated heterocycles. The maximum absolute atomic E-state index is 11.8. The van der Waals surface area contributed by atoms with E-state index in [1.807, 2.05) is 44.2 Å². The first kappa shape index (κ1) is 24.5. The monoisotopic (exact) mass is 385 g/mol. The van der Waals surface area contributed by atoms with Crippen LogP contribution in [0.1, 0.15) is 40.2 Å². The Morgan fingerprint density at radius 3 is 2.00 bits per heavy atom.